The van der Waals surface area contributed by atoms with Crippen LogP contribution in [0.5, 0.6) is 0 Å². The summed E-state index contributed by atoms with van der Waals surface area (Å²) >= 11 is 2.10. The Bertz CT molecular complexity index is 175. The maximum atomic E-state index is 8.55. The van der Waals surface area contributed by atoms with Gasteiger partial charge >= 0.3 is 89.0 Å². The van der Waals surface area contributed by atoms with E-state index in [1.807, 2.05) is 19.3 Å². The molecule has 0 aliphatic heterocycles. The zero-order valence-corrected chi connectivity index (χ0v) is 14.0. The maximum Gasteiger partial charge on any atom is -0.159 e. The number of unbranched alkanes of at least 4 members (excludes halogenated alkanes) is 1. The Morgan fingerprint density at radius 2 is 1.81 bits per heavy atom. The van der Waals surface area contributed by atoms with Crippen LogP contribution in [-0.4, -0.2) is 5.75 Å². The fraction of sp³-hybridized carbons (Fsp3) is 1.00. The molecule has 0 saturated heterocycles. The summed E-state index contributed by atoms with van der Waals surface area (Å²) in [5.41, 5.74) is 0. The van der Waals surface area contributed by atoms with Gasteiger partial charge in [0.1, 0.15) is 0 Å². The van der Waals surface area contributed by atoms with E-state index in [-0.39, 0.29) is 0 Å². The van der Waals surface area contributed by atoms with Gasteiger partial charge in [0.25, 0.3) is 0 Å². The quantitative estimate of drug-likeness (QED) is 0.382. The largest absolute Gasteiger partial charge is 0.822 e. The molecule has 8 heteroatoms. The van der Waals surface area contributed by atoms with Crippen molar-refractivity contribution in [2.45, 2.75) is 39.5 Å². The number of rotatable bonds is 7. The molecule has 96 valence electrons. The first-order valence-corrected chi connectivity index (χ1v) is 11.2. The molecule has 0 N–H and O–H groups in total. The van der Waals surface area contributed by atoms with Gasteiger partial charge in [0.2, 0.25) is 0 Å². The average Bonchev–Trinajstić information content (AvgIpc) is 2.16. The molecule has 1 unspecified atom stereocenters. The molecular formula is C8H17MoO4PS2. The summed E-state index contributed by atoms with van der Waals surface area (Å²) in [6.07, 6.45) is 5.55. The van der Waals surface area contributed by atoms with E-state index < -0.39 is 7.82 Å². The molecule has 0 aromatic heterocycles. The van der Waals surface area contributed by atoms with Crippen LogP contribution in [0, 0.1) is 5.92 Å². The van der Waals surface area contributed by atoms with E-state index in [0.717, 1.165) is 5.92 Å². The zero-order chi connectivity index (χ0) is 13.0. The molecule has 0 saturated carbocycles. The average molecular weight is 368 g/mol. The Morgan fingerprint density at radius 1 is 1.31 bits per heavy atom. The van der Waals surface area contributed by atoms with Gasteiger partial charge in [-0.25, -0.2) is 0 Å². The molecular weight excluding hydrogens is 351 g/mol. The summed E-state index contributed by atoms with van der Waals surface area (Å²) in [6, 6.07) is 0. The summed E-state index contributed by atoms with van der Waals surface area (Å²) in [6.45, 7) is 4.58. The molecule has 0 heterocycles. The third kappa shape index (κ3) is 24.6. The molecule has 0 amide bonds. The molecule has 1 atom stereocenters. The second kappa shape index (κ2) is 12.9. The van der Waals surface area contributed by atoms with E-state index in [9.17, 15) is 0 Å². The number of hydrogen-bond donors (Lipinski definition) is 0. The molecule has 4 nitrogen and oxygen atoms in total. The van der Waals surface area contributed by atoms with E-state index in [1.165, 1.54) is 31.4 Å². The Morgan fingerprint density at radius 3 is 2.12 bits per heavy atom. The van der Waals surface area contributed by atoms with Crippen LogP contribution in [0.25, 0.3) is 0 Å². The Kier molecular flexibility index (Phi) is 16.0. The molecule has 0 aliphatic rings. The summed E-state index contributed by atoms with van der Waals surface area (Å²) in [7, 11) is -1.47. The molecule has 0 bridgehead atoms. The molecule has 16 heavy (non-hydrogen) atoms. The third-order valence-electron chi connectivity index (χ3n) is 1.90. The molecule has 0 radical (unpaired) electrons. The Hall–Kier alpha value is 1.50. The minimum absolute atomic E-state index is 0.967. The van der Waals surface area contributed by atoms with Crippen molar-refractivity contribution in [3.63, 3.8) is 0 Å². The number of hydrogen-bond acceptors (Lipinski definition) is 6. The van der Waals surface area contributed by atoms with E-state index in [0.29, 0.717) is 0 Å². The van der Waals surface area contributed by atoms with Crippen LogP contribution < -0.4 is 14.7 Å². The van der Waals surface area contributed by atoms with Crippen LogP contribution in [0.1, 0.15) is 39.5 Å². The van der Waals surface area contributed by atoms with Crippen LogP contribution in [-0.2, 0) is 23.1 Å². The van der Waals surface area contributed by atoms with Gasteiger partial charge in [-0.2, -0.15) is 7.82 Å². The Balaban J connectivity index is 0. The van der Waals surface area contributed by atoms with E-state index in [1.54, 1.807) is 0 Å². The van der Waals surface area contributed by atoms with Gasteiger partial charge in [-0.15, -0.1) is 0 Å². The van der Waals surface area contributed by atoms with Crippen molar-refractivity contribution < 1.29 is 37.8 Å². The normalized spacial score (nSPS) is 12.8. The van der Waals surface area contributed by atoms with Crippen LogP contribution in [0.3, 0.4) is 0 Å². The third-order valence-corrected chi connectivity index (χ3v) is 5.42. The van der Waals surface area contributed by atoms with Gasteiger partial charge in [0.05, 0.1) is 0 Å². The van der Waals surface area contributed by atoms with Gasteiger partial charge < -0.3 is 19.2 Å². The maximum absolute atomic E-state index is 8.55. The van der Waals surface area contributed by atoms with Crippen molar-refractivity contribution in [2.75, 3.05) is 5.75 Å². The van der Waals surface area contributed by atoms with Crippen molar-refractivity contribution in [1.29, 1.82) is 0 Å². The van der Waals surface area contributed by atoms with Crippen molar-refractivity contribution in [3.05, 3.63) is 0 Å². The van der Waals surface area contributed by atoms with Crippen LogP contribution in [0.4, 0.5) is 0 Å². The van der Waals surface area contributed by atoms with Crippen molar-refractivity contribution in [2.24, 2.45) is 5.92 Å². The molecule has 0 aromatic rings. The first-order valence-electron chi connectivity index (χ1n) is 4.99. The van der Waals surface area contributed by atoms with Gasteiger partial charge in [-0.05, 0) is 0 Å². The van der Waals surface area contributed by atoms with E-state index in [2.05, 4.69) is 32.4 Å². The van der Waals surface area contributed by atoms with Crippen molar-refractivity contribution >= 4 is 27.1 Å². The second-order valence-electron chi connectivity index (χ2n) is 3.22. The fourth-order valence-corrected chi connectivity index (χ4v) is 3.65. The van der Waals surface area contributed by atoms with Crippen molar-refractivity contribution in [3.8, 4) is 0 Å². The molecule has 0 aromatic carbocycles. The van der Waals surface area contributed by atoms with Crippen molar-refractivity contribution in [1.82, 2.24) is 0 Å². The Labute approximate surface area is 116 Å². The predicted molar refractivity (Wildman–Crippen MR) is 61.0 cm³/mol. The van der Waals surface area contributed by atoms with Gasteiger partial charge in [-0.3, -0.25) is 0 Å². The molecule has 0 rings (SSSR count). The molecule has 0 fully saturated rings. The topological polar surface area (TPSA) is 86.2 Å². The fourth-order valence-electron chi connectivity index (χ4n) is 1.02. The second-order valence-corrected chi connectivity index (χ2v) is 8.94. The minimum atomic E-state index is -5.39. The predicted octanol–water partition coefficient (Wildman–Crippen LogP) is 1.22. The SMILES string of the molecule is CCCCC(CC)CS[S][Mo+3].O=P([O-])([O-])[O-]. The minimum Gasteiger partial charge on any atom is -0.822 e. The van der Waals surface area contributed by atoms with Crippen LogP contribution in [0.2, 0.25) is 0 Å². The van der Waals surface area contributed by atoms with E-state index in [4.69, 9.17) is 19.2 Å². The first-order chi connectivity index (χ1) is 7.35. The van der Waals surface area contributed by atoms with Gasteiger partial charge in [0.15, 0.2) is 0 Å². The summed E-state index contributed by atoms with van der Waals surface area (Å²) in [5, 5.41) is 0. The monoisotopic (exact) mass is 370 g/mol. The summed E-state index contributed by atoms with van der Waals surface area (Å²) < 4.78 is 8.55. The summed E-state index contributed by atoms with van der Waals surface area (Å²) in [5.74, 6) is 2.31. The zero-order valence-electron chi connectivity index (χ0n) is 9.42. The summed E-state index contributed by atoms with van der Waals surface area (Å²) in [4.78, 5) is 25.6. The van der Waals surface area contributed by atoms with Gasteiger partial charge in [-0.1, -0.05) is 0 Å². The molecule has 0 aliphatic carbocycles. The number of phosphoric acid groups is 1. The molecule has 0 spiro atoms. The smallest absolute Gasteiger partial charge is 0.159 e. The standard InChI is InChI=1S/C8H18S2.Mo.H3O4P/c1-3-5-6-8(4-2)7-10-9;;1-5(2,3)4/h8-9H,3-7H2,1-2H3;;(H3,1,2,3,4)/q;+4;/p-4. The van der Waals surface area contributed by atoms with Crippen LogP contribution >= 0.6 is 27.1 Å². The van der Waals surface area contributed by atoms with Gasteiger partial charge in [0, 0.05) is 0 Å². The van der Waals surface area contributed by atoms with Crippen LogP contribution in [0.15, 0.2) is 0 Å². The first kappa shape index (κ1) is 19.8. The van der Waals surface area contributed by atoms with E-state index >= 15 is 0 Å².